The van der Waals surface area contributed by atoms with Crippen LogP contribution >= 0.6 is 0 Å². The summed E-state index contributed by atoms with van der Waals surface area (Å²) in [6, 6.07) is 12.3. The summed E-state index contributed by atoms with van der Waals surface area (Å²) >= 11 is 0. The standard InChI is InChI=1S/C18H22N6/c1-20-17-9-18(23-13-22-17)24-8-2-3-16(24)12-21-11-15-6-4-14(10-19)5-7-15/h4-7,9,13,16,21H,2-3,8,11-12H2,1H3,(H,20,22,23). The van der Waals surface area contributed by atoms with Gasteiger partial charge in [0.25, 0.3) is 0 Å². The van der Waals surface area contributed by atoms with E-state index in [1.54, 1.807) is 6.33 Å². The Labute approximate surface area is 142 Å². The topological polar surface area (TPSA) is 76.9 Å². The number of anilines is 2. The predicted octanol–water partition coefficient (Wildman–Crippen LogP) is 2.15. The molecule has 1 aromatic carbocycles. The van der Waals surface area contributed by atoms with Gasteiger partial charge in [-0.15, -0.1) is 0 Å². The summed E-state index contributed by atoms with van der Waals surface area (Å²) < 4.78 is 0. The van der Waals surface area contributed by atoms with E-state index in [4.69, 9.17) is 5.26 Å². The predicted molar refractivity (Wildman–Crippen MR) is 94.8 cm³/mol. The van der Waals surface area contributed by atoms with Gasteiger partial charge in [0.2, 0.25) is 0 Å². The minimum Gasteiger partial charge on any atom is -0.373 e. The van der Waals surface area contributed by atoms with E-state index in [9.17, 15) is 0 Å². The Morgan fingerprint density at radius 3 is 2.88 bits per heavy atom. The molecule has 0 radical (unpaired) electrons. The zero-order valence-electron chi connectivity index (χ0n) is 13.9. The zero-order chi connectivity index (χ0) is 16.8. The molecule has 0 bridgehead atoms. The third-order valence-electron chi connectivity index (χ3n) is 4.37. The first kappa shape index (κ1) is 16.2. The van der Waals surface area contributed by atoms with Crippen LogP contribution in [0.5, 0.6) is 0 Å². The minimum atomic E-state index is 0.447. The second-order valence-electron chi connectivity index (χ2n) is 5.94. The average molecular weight is 322 g/mol. The van der Waals surface area contributed by atoms with Gasteiger partial charge in [-0.2, -0.15) is 5.26 Å². The number of nitriles is 1. The van der Waals surface area contributed by atoms with Crippen molar-refractivity contribution in [3.63, 3.8) is 0 Å². The Morgan fingerprint density at radius 1 is 1.29 bits per heavy atom. The van der Waals surface area contributed by atoms with Crippen molar-refractivity contribution >= 4 is 11.6 Å². The van der Waals surface area contributed by atoms with Crippen LogP contribution in [0, 0.1) is 11.3 Å². The van der Waals surface area contributed by atoms with Gasteiger partial charge in [0, 0.05) is 38.8 Å². The van der Waals surface area contributed by atoms with Gasteiger partial charge >= 0.3 is 0 Å². The minimum absolute atomic E-state index is 0.447. The fourth-order valence-electron chi connectivity index (χ4n) is 3.07. The lowest BCUT2D eigenvalue weighted by Gasteiger charge is -2.26. The van der Waals surface area contributed by atoms with E-state index < -0.39 is 0 Å². The number of hydrogen-bond donors (Lipinski definition) is 2. The van der Waals surface area contributed by atoms with E-state index in [0.717, 1.165) is 31.3 Å². The van der Waals surface area contributed by atoms with Crippen molar-refractivity contribution in [3.05, 3.63) is 47.8 Å². The highest BCUT2D eigenvalue weighted by molar-refractivity contribution is 5.49. The number of aromatic nitrogens is 2. The van der Waals surface area contributed by atoms with Crippen LogP contribution in [0.1, 0.15) is 24.0 Å². The van der Waals surface area contributed by atoms with Crippen molar-refractivity contribution in [2.75, 3.05) is 30.4 Å². The first-order valence-electron chi connectivity index (χ1n) is 8.26. The fourth-order valence-corrected chi connectivity index (χ4v) is 3.07. The van der Waals surface area contributed by atoms with Gasteiger partial charge in [0.05, 0.1) is 11.6 Å². The number of rotatable bonds is 6. The average Bonchev–Trinajstić information content (AvgIpc) is 3.11. The van der Waals surface area contributed by atoms with Gasteiger partial charge in [-0.25, -0.2) is 9.97 Å². The van der Waals surface area contributed by atoms with Crippen LogP contribution in [0.3, 0.4) is 0 Å². The van der Waals surface area contributed by atoms with Crippen molar-refractivity contribution in [2.45, 2.75) is 25.4 Å². The first-order chi connectivity index (χ1) is 11.8. The molecule has 24 heavy (non-hydrogen) atoms. The molecule has 0 amide bonds. The molecule has 2 heterocycles. The molecule has 1 fully saturated rings. The van der Waals surface area contributed by atoms with Gasteiger partial charge in [0.15, 0.2) is 0 Å². The molecule has 6 nitrogen and oxygen atoms in total. The summed E-state index contributed by atoms with van der Waals surface area (Å²) in [5.74, 6) is 1.83. The third kappa shape index (κ3) is 3.81. The SMILES string of the molecule is CNc1cc(N2CCCC2CNCc2ccc(C#N)cc2)ncn1. The summed E-state index contributed by atoms with van der Waals surface area (Å²) in [6.07, 6.45) is 3.96. The van der Waals surface area contributed by atoms with Gasteiger partial charge < -0.3 is 15.5 Å². The quantitative estimate of drug-likeness (QED) is 0.848. The molecule has 0 aliphatic carbocycles. The molecular formula is C18H22N6. The van der Waals surface area contributed by atoms with Crippen molar-refractivity contribution in [1.29, 1.82) is 5.26 Å². The normalized spacial score (nSPS) is 16.8. The van der Waals surface area contributed by atoms with Gasteiger partial charge in [-0.3, -0.25) is 0 Å². The fraction of sp³-hybridized carbons (Fsp3) is 0.389. The van der Waals surface area contributed by atoms with E-state index in [1.807, 2.05) is 37.4 Å². The Morgan fingerprint density at radius 2 is 2.12 bits per heavy atom. The summed E-state index contributed by atoms with van der Waals surface area (Å²) in [4.78, 5) is 11.0. The number of benzene rings is 1. The molecule has 1 aliphatic heterocycles. The molecule has 6 heteroatoms. The summed E-state index contributed by atoms with van der Waals surface area (Å²) in [6.45, 7) is 2.75. The monoisotopic (exact) mass is 322 g/mol. The van der Waals surface area contributed by atoms with Crippen molar-refractivity contribution in [3.8, 4) is 6.07 Å². The highest BCUT2D eigenvalue weighted by Crippen LogP contribution is 2.24. The molecule has 1 aliphatic rings. The molecule has 3 rings (SSSR count). The molecule has 124 valence electrons. The molecule has 2 N–H and O–H groups in total. The second kappa shape index (κ2) is 7.75. The lowest BCUT2D eigenvalue weighted by atomic mass is 10.1. The smallest absolute Gasteiger partial charge is 0.134 e. The van der Waals surface area contributed by atoms with Crippen LogP contribution in [0.25, 0.3) is 0 Å². The van der Waals surface area contributed by atoms with Crippen molar-refractivity contribution in [2.24, 2.45) is 0 Å². The summed E-state index contributed by atoms with van der Waals surface area (Å²) in [5.41, 5.74) is 1.89. The van der Waals surface area contributed by atoms with E-state index in [2.05, 4.69) is 31.6 Å². The Kier molecular flexibility index (Phi) is 5.24. The van der Waals surface area contributed by atoms with Gasteiger partial charge in [-0.1, -0.05) is 12.1 Å². The Hall–Kier alpha value is -2.65. The van der Waals surface area contributed by atoms with Crippen LogP contribution in [0.2, 0.25) is 0 Å². The van der Waals surface area contributed by atoms with Crippen LogP contribution in [0.4, 0.5) is 11.6 Å². The van der Waals surface area contributed by atoms with Crippen LogP contribution < -0.4 is 15.5 Å². The van der Waals surface area contributed by atoms with E-state index in [0.29, 0.717) is 11.6 Å². The Balaban J connectivity index is 1.56. The Bertz CT molecular complexity index is 706. The molecule has 0 saturated carbocycles. The van der Waals surface area contributed by atoms with Crippen molar-refractivity contribution in [1.82, 2.24) is 15.3 Å². The molecule has 0 spiro atoms. The van der Waals surface area contributed by atoms with Crippen LogP contribution in [-0.2, 0) is 6.54 Å². The lowest BCUT2D eigenvalue weighted by Crippen LogP contribution is -2.38. The first-order valence-corrected chi connectivity index (χ1v) is 8.26. The molecule has 1 atom stereocenters. The lowest BCUT2D eigenvalue weighted by molar-refractivity contribution is 0.570. The highest BCUT2D eigenvalue weighted by atomic mass is 15.2. The van der Waals surface area contributed by atoms with Gasteiger partial charge in [0.1, 0.15) is 18.0 Å². The largest absolute Gasteiger partial charge is 0.373 e. The number of nitrogens with zero attached hydrogens (tertiary/aromatic N) is 4. The highest BCUT2D eigenvalue weighted by Gasteiger charge is 2.25. The van der Waals surface area contributed by atoms with Crippen LogP contribution in [0.15, 0.2) is 36.7 Å². The molecule has 1 unspecified atom stereocenters. The number of nitrogens with one attached hydrogen (secondary N) is 2. The molecule has 1 aromatic heterocycles. The molecule has 2 aromatic rings. The second-order valence-corrected chi connectivity index (χ2v) is 5.94. The molecular weight excluding hydrogens is 300 g/mol. The van der Waals surface area contributed by atoms with E-state index >= 15 is 0 Å². The zero-order valence-corrected chi connectivity index (χ0v) is 13.9. The van der Waals surface area contributed by atoms with E-state index in [-0.39, 0.29) is 0 Å². The van der Waals surface area contributed by atoms with E-state index in [1.165, 1.54) is 18.4 Å². The maximum absolute atomic E-state index is 8.84. The van der Waals surface area contributed by atoms with Crippen molar-refractivity contribution < 1.29 is 0 Å². The van der Waals surface area contributed by atoms with Gasteiger partial charge in [-0.05, 0) is 30.5 Å². The molecule has 1 saturated heterocycles. The maximum atomic E-state index is 8.84. The third-order valence-corrected chi connectivity index (χ3v) is 4.37. The summed E-state index contributed by atoms with van der Waals surface area (Å²) in [5, 5.41) is 15.4. The van der Waals surface area contributed by atoms with Crippen LogP contribution in [-0.4, -0.2) is 36.1 Å². The summed E-state index contributed by atoms with van der Waals surface area (Å²) in [7, 11) is 1.87. The maximum Gasteiger partial charge on any atom is 0.134 e. The number of hydrogen-bond acceptors (Lipinski definition) is 6.